The molecule has 0 heterocycles. The Bertz CT molecular complexity index is 340. The van der Waals surface area contributed by atoms with Crippen molar-refractivity contribution in [1.29, 1.82) is 0 Å². The fraction of sp³-hybridized carbons (Fsp3) is 0.917. The average Bonchev–Trinajstić information content (AvgIpc) is 2.32. The van der Waals surface area contributed by atoms with Gasteiger partial charge in [0, 0.05) is 6.04 Å². The van der Waals surface area contributed by atoms with E-state index >= 15 is 0 Å². The summed E-state index contributed by atoms with van der Waals surface area (Å²) in [5.74, 6) is -1.00. The van der Waals surface area contributed by atoms with Gasteiger partial charge in [0.1, 0.15) is 5.75 Å². The van der Waals surface area contributed by atoms with Crippen LogP contribution in [0.1, 0.15) is 33.6 Å². The molecular formula is C12H25NO4S. The highest BCUT2D eigenvalue weighted by molar-refractivity contribution is 7.92. The number of hydrogen-bond donors (Lipinski definition) is 1. The standard InChI is InChI=1S/C12H25NO4S/c1-5-7-13-11(10(3)6-2)8-18(15,16)9-12(14)17-4/h10-11,13H,5-9H2,1-4H3. The van der Waals surface area contributed by atoms with Gasteiger partial charge in [-0.1, -0.05) is 27.2 Å². The molecule has 0 aliphatic carbocycles. The van der Waals surface area contributed by atoms with E-state index in [1.807, 2.05) is 20.8 Å². The maximum Gasteiger partial charge on any atom is 0.320 e. The van der Waals surface area contributed by atoms with E-state index in [0.717, 1.165) is 19.4 Å². The van der Waals surface area contributed by atoms with E-state index in [1.165, 1.54) is 7.11 Å². The molecule has 0 aromatic heterocycles. The smallest absolute Gasteiger partial charge is 0.320 e. The average molecular weight is 279 g/mol. The highest BCUT2D eigenvalue weighted by atomic mass is 32.2. The topological polar surface area (TPSA) is 72.5 Å². The molecule has 0 amide bonds. The third-order valence-corrected chi connectivity index (χ3v) is 4.53. The summed E-state index contributed by atoms with van der Waals surface area (Å²) in [5, 5.41) is 3.24. The molecule has 0 aromatic rings. The quantitative estimate of drug-likeness (QED) is 0.637. The van der Waals surface area contributed by atoms with Crippen LogP contribution in [0, 0.1) is 5.92 Å². The molecule has 0 aliphatic rings. The largest absolute Gasteiger partial charge is 0.468 e. The Kier molecular flexibility index (Phi) is 8.18. The molecule has 0 rings (SSSR count). The van der Waals surface area contributed by atoms with Crippen molar-refractivity contribution in [1.82, 2.24) is 5.32 Å². The molecule has 0 bridgehead atoms. The Labute approximate surface area is 110 Å². The number of rotatable bonds is 9. The molecule has 108 valence electrons. The normalized spacial score (nSPS) is 15.1. The van der Waals surface area contributed by atoms with Gasteiger partial charge in [-0.2, -0.15) is 0 Å². The number of ether oxygens (including phenoxy) is 1. The summed E-state index contributed by atoms with van der Waals surface area (Å²) in [6.07, 6.45) is 1.85. The zero-order valence-electron chi connectivity index (χ0n) is 11.7. The lowest BCUT2D eigenvalue weighted by atomic mass is 10.0. The summed E-state index contributed by atoms with van der Waals surface area (Å²) >= 11 is 0. The van der Waals surface area contributed by atoms with Crippen LogP contribution in [0.4, 0.5) is 0 Å². The SMILES string of the molecule is CCCNC(CS(=O)(=O)CC(=O)OC)C(C)CC. The Morgan fingerprint density at radius 1 is 1.33 bits per heavy atom. The maximum atomic E-state index is 11.9. The van der Waals surface area contributed by atoms with Crippen molar-refractivity contribution in [2.45, 2.75) is 39.7 Å². The zero-order chi connectivity index (χ0) is 14.2. The molecule has 0 fully saturated rings. The Hall–Kier alpha value is -0.620. The maximum absolute atomic E-state index is 11.9. The van der Waals surface area contributed by atoms with Crippen LogP contribution in [-0.2, 0) is 19.4 Å². The molecule has 0 saturated carbocycles. The highest BCUT2D eigenvalue weighted by Gasteiger charge is 2.25. The number of nitrogens with one attached hydrogen (secondary N) is 1. The van der Waals surface area contributed by atoms with E-state index in [1.54, 1.807) is 0 Å². The fourth-order valence-electron chi connectivity index (χ4n) is 1.61. The minimum absolute atomic E-state index is 0.0168. The molecule has 0 spiro atoms. The lowest BCUT2D eigenvalue weighted by Gasteiger charge is -2.24. The number of sulfone groups is 1. The molecule has 0 radical (unpaired) electrons. The van der Waals surface area contributed by atoms with Crippen molar-refractivity contribution in [2.24, 2.45) is 5.92 Å². The lowest BCUT2D eigenvalue weighted by molar-refractivity contribution is -0.137. The lowest BCUT2D eigenvalue weighted by Crippen LogP contribution is -2.42. The Morgan fingerprint density at radius 3 is 2.39 bits per heavy atom. The number of esters is 1. The summed E-state index contributed by atoms with van der Waals surface area (Å²) in [5.41, 5.74) is 0. The second kappa shape index (κ2) is 8.48. The molecule has 2 unspecified atom stereocenters. The second-order valence-electron chi connectivity index (χ2n) is 4.58. The third-order valence-electron chi connectivity index (χ3n) is 2.99. The Balaban J connectivity index is 4.59. The van der Waals surface area contributed by atoms with Crippen LogP contribution in [0.2, 0.25) is 0 Å². The summed E-state index contributed by atoms with van der Waals surface area (Å²) in [6.45, 7) is 6.85. The van der Waals surface area contributed by atoms with Gasteiger partial charge in [0.15, 0.2) is 9.84 Å². The van der Waals surface area contributed by atoms with Gasteiger partial charge < -0.3 is 10.1 Å². The summed E-state index contributed by atoms with van der Waals surface area (Å²) in [4.78, 5) is 11.0. The molecule has 0 aromatic carbocycles. The van der Waals surface area contributed by atoms with Gasteiger partial charge in [-0.3, -0.25) is 4.79 Å². The second-order valence-corrected chi connectivity index (χ2v) is 6.69. The first-order valence-electron chi connectivity index (χ1n) is 6.36. The number of carbonyl (C=O) groups excluding carboxylic acids is 1. The fourth-order valence-corrected chi connectivity index (χ4v) is 3.20. The van der Waals surface area contributed by atoms with Gasteiger partial charge in [0.05, 0.1) is 12.9 Å². The molecular weight excluding hydrogens is 254 g/mol. The van der Waals surface area contributed by atoms with Crippen molar-refractivity contribution < 1.29 is 17.9 Å². The van der Waals surface area contributed by atoms with Gasteiger partial charge in [0.25, 0.3) is 0 Å². The van der Waals surface area contributed by atoms with E-state index in [0.29, 0.717) is 0 Å². The monoisotopic (exact) mass is 279 g/mol. The van der Waals surface area contributed by atoms with Gasteiger partial charge >= 0.3 is 5.97 Å². The third kappa shape index (κ3) is 6.96. The van der Waals surface area contributed by atoms with E-state index in [2.05, 4.69) is 10.1 Å². The van der Waals surface area contributed by atoms with E-state index in [-0.39, 0.29) is 17.7 Å². The highest BCUT2D eigenvalue weighted by Crippen LogP contribution is 2.11. The van der Waals surface area contributed by atoms with E-state index in [4.69, 9.17) is 0 Å². The van der Waals surface area contributed by atoms with Gasteiger partial charge in [-0.05, 0) is 18.9 Å². The Morgan fingerprint density at radius 2 is 1.94 bits per heavy atom. The molecule has 0 saturated heterocycles. The molecule has 2 atom stereocenters. The zero-order valence-corrected chi connectivity index (χ0v) is 12.5. The number of methoxy groups -OCH3 is 1. The van der Waals surface area contributed by atoms with Crippen molar-refractivity contribution >= 4 is 15.8 Å². The number of carbonyl (C=O) groups is 1. The first kappa shape index (κ1) is 17.4. The van der Waals surface area contributed by atoms with Crippen LogP contribution in [0.5, 0.6) is 0 Å². The molecule has 1 N–H and O–H groups in total. The van der Waals surface area contributed by atoms with E-state index in [9.17, 15) is 13.2 Å². The first-order valence-corrected chi connectivity index (χ1v) is 8.19. The summed E-state index contributed by atoms with van der Waals surface area (Å²) < 4.78 is 28.1. The predicted octanol–water partition coefficient (Wildman–Crippen LogP) is 0.988. The molecule has 0 aliphatic heterocycles. The van der Waals surface area contributed by atoms with Crippen molar-refractivity contribution in [3.05, 3.63) is 0 Å². The molecule has 18 heavy (non-hydrogen) atoms. The number of hydrogen-bond acceptors (Lipinski definition) is 5. The van der Waals surface area contributed by atoms with Crippen molar-refractivity contribution in [2.75, 3.05) is 25.2 Å². The van der Waals surface area contributed by atoms with Crippen LogP contribution >= 0.6 is 0 Å². The van der Waals surface area contributed by atoms with Crippen LogP contribution in [0.3, 0.4) is 0 Å². The van der Waals surface area contributed by atoms with Crippen LogP contribution in [0.15, 0.2) is 0 Å². The van der Waals surface area contributed by atoms with Crippen molar-refractivity contribution in [3.8, 4) is 0 Å². The minimum Gasteiger partial charge on any atom is -0.468 e. The van der Waals surface area contributed by atoms with E-state index < -0.39 is 21.6 Å². The van der Waals surface area contributed by atoms with Crippen LogP contribution in [-0.4, -0.2) is 45.6 Å². The summed E-state index contributed by atoms with van der Waals surface area (Å²) in [7, 11) is -2.22. The molecule has 5 nitrogen and oxygen atoms in total. The van der Waals surface area contributed by atoms with Gasteiger partial charge in [-0.15, -0.1) is 0 Å². The molecule has 6 heteroatoms. The van der Waals surface area contributed by atoms with Crippen molar-refractivity contribution in [3.63, 3.8) is 0 Å². The van der Waals surface area contributed by atoms with Crippen LogP contribution in [0.25, 0.3) is 0 Å². The van der Waals surface area contributed by atoms with Crippen LogP contribution < -0.4 is 5.32 Å². The first-order chi connectivity index (χ1) is 8.36. The predicted molar refractivity (Wildman–Crippen MR) is 72.2 cm³/mol. The van der Waals surface area contributed by atoms with Gasteiger partial charge in [0.2, 0.25) is 0 Å². The summed E-state index contributed by atoms with van der Waals surface area (Å²) in [6, 6.07) is -0.107. The van der Waals surface area contributed by atoms with Gasteiger partial charge in [-0.25, -0.2) is 8.42 Å². The minimum atomic E-state index is -3.41.